The Morgan fingerprint density at radius 1 is 1.05 bits per heavy atom. The summed E-state index contributed by atoms with van der Waals surface area (Å²) >= 11 is 6.39. The van der Waals surface area contributed by atoms with Crippen molar-refractivity contribution in [1.29, 1.82) is 0 Å². The van der Waals surface area contributed by atoms with E-state index in [0.717, 1.165) is 75.0 Å². The molecule has 1 saturated carbocycles. The fraction of sp³-hybridized carbons (Fsp3) is 0.606. The third-order valence-electron chi connectivity index (χ3n) is 10.7. The molecular formula is C33H43ClN2O5S. The molecule has 0 aromatic heterocycles. The number of hydrogen-bond donors (Lipinski definition) is 2. The van der Waals surface area contributed by atoms with E-state index in [9.17, 15) is 18.3 Å². The number of amides is 1. The number of sulfonamides is 1. The fourth-order valence-electron chi connectivity index (χ4n) is 7.72. The lowest BCUT2D eigenvalue weighted by Gasteiger charge is -2.45. The maximum Gasteiger partial charge on any atom is 0.264 e. The minimum atomic E-state index is -3.87. The zero-order valence-electron chi connectivity index (χ0n) is 24.6. The Bertz CT molecular complexity index is 1450. The van der Waals surface area contributed by atoms with Gasteiger partial charge in [0.2, 0.25) is 10.0 Å². The van der Waals surface area contributed by atoms with Crippen molar-refractivity contribution in [3.63, 3.8) is 0 Å². The van der Waals surface area contributed by atoms with Gasteiger partial charge in [0, 0.05) is 29.1 Å². The van der Waals surface area contributed by atoms with Crippen molar-refractivity contribution in [2.45, 2.75) is 88.4 Å². The summed E-state index contributed by atoms with van der Waals surface area (Å²) in [5.74, 6) is 0.548. The van der Waals surface area contributed by atoms with Crippen LogP contribution in [0.4, 0.5) is 5.69 Å². The van der Waals surface area contributed by atoms with Crippen LogP contribution in [0.2, 0.25) is 5.02 Å². The summed E-state index contributed by atoms with van der Waals surface area (Å²) in [6.45, 7) is 5.57. The number of aryl methyl sites for hydroxylation is 1. The second-order valence-corrected chi connectivity index (χ2v) is 15.8. The van der Waals surface area contributed by atoms with Crippen LogP contribution in [0.1, 0.15) is 86.7 Å². The number of benzene rings is 2. The van der Waals surface area contributed by atoms with Gasteiger partial charge in [-0.15, -0.1) is 0 Å². The lowest BCUT2D eigenvalue weighted by atomic mass is 9.68. The van der Waals surface area contributed by atoms with Crippen molar-refractivity contribution in [3.05, 3.63) is 58.1 Å². The molecule has 6 atom stereocenters. The Morgan fingerprint density at radius 3 is 2.64 bits per heavy atom. The third-order valence-corrected chi connectivity index (χ3v) is 12.8. The Labute approximate surface area is 255 Å². The second-order valence-electron chi connectivity index (χ2n) is 13.3. The minimum absolute atomic E-state index is 0.111. The number of halogens is 1. The van der Waals surface area contributed by atoms with Crippen LogP contribution in [0, 0.1) is 17.8 Å². The molecule has 1 amide bonds. The molecule has 0 unspecified atom stereocenters. The Balaban J connectivity index is 1.40. The highest BCUT2D eigenvalue weighted by Crippen LogP contribution is 2.47. The van der Waals surface area contributed by atoms with Crippen LogP contribution in [0.25, 0.3) is 0 Å². The van der Waals surface area contributed by atoms with Crippen LogP contribution < -0.4 is 14.4 Å². The lowest BCUT2D eigenvalue weighted by Crippen LogP contribution is -2.49. The first kappa shape index (κ1) is 29.8. The van der Waals surface area contributed by atoms with Crippen LogP contribution in [0.15, 0.2) is 36.4 Å². The average Bonchev–Trinajstić information content (AvgIpc) is 3.09. The van der Waals surface area contributed by atoms with Crippen LogP contribution >= 0.6 is 11.6 Å². The fourth-order valence-corrected chi connectivity index (χ4v) is 9.23. The molecule has 9 heteroatoms. The highest BCUT2D eigenvalue weighted by Gasteiger charge is 2.44. The molecule has 0 radical (unpaired) electrons. The van der Waals surface area contributed by atoms with E-state index in [0.29, 0.717) is 30.4 Å². The predicted octanol–water partition coefficient (Wildman–Crippen LogP) is 5.86. The first-order valence-electron chi connectivity index (χ1n) is 15.6. The standard InChI is InChI=1S/C33H43ClN2O5S/c1-21-6-3-4-8-30(37)27-12-9-25(27)18-36-19-33(15-5-7-23-16-26(34)11-13-28(23)33)20-41-31-14-10-24(17-29(31)36)32(38)35-42(39,40)22(21)2/h10-11,13-14,16-17,21-22,25,27,30,37H,3-9,12,15,18-20H2,1-2H3,(H,35,38)/t21-,22-,25-,27+,30-,33-/m0/s1. The van der Waals surface area contributed by atoms with Gasteiger partial charge in [0.05, 0.1) is 23.6 Å². The number of nitrogens with one attached hydrogen (secondary N) is 1. The molecule has 4 aliphatic rings. The second kappa shape index (κ2) is 11.7. The number of aliphatic hydroxyl groups is 1. The first-order valence-corrected chi connectivity index (χ1v) is 17.5. The van der Waals surface area contributed by atoms with Crippen molar-refractivity contribution in [2.24, 2.45) is 17.8 Å². The summed E-state index contributed by atoms with van der Waals surface area (Å²) in [5, 5.41) is 11.2. The number of fused-ring (bicyclic) bond motifs is 4. The number of nitrogens with zero attached hydrogens (tertiary/aromatic N) is 1. The monoisotopic (exact) mass is 614 g/mol. The van der Waals surface area contributed by atoms with Crippen molar-refractivity contribution >= 4 is 33.2 Å². The van der Waals surface area contributed by atoms with Gasteiger partial charge in [-0.25, -0.2) is 13.1 Å². The summed E-state index contributed by atoms with van der Waals surface area (Å²) in [7, 11) is -3.87. The summed E-state index contributed by atoms with van der Waals surface area (Å²) in [5.41, 5.74) is 3.40. The Morgan fingerprint density at radius 2 is 1.86 bits per heavy atom. The van der Waals surface area contributed by atoms with E-state index in [1.807, 2.05) is 19.1 Å². The highest BCUT2D eigenvalue weighted by atomic mass is 35.5. The van der Waals surface area contributed by atoms with Crippen molar-refractivity contribution < 1.29 is 23.1 Å². The van der Waals surface area contributed by atoms with Crippen molar-refractivity contribution in [1.82, 2.24) is 4.72 Å². The SMILES string of the molecule is C[C@H]1CCCC[C@H](O)[C@@H]2CC[C@H]2CN2C[C@@]3(CCCc4cc(Cl)ccc43)COc3ccc(cc32)C(=O)NS(=O)(=O)[C@H]1C. The third kappa shape index (κ3) is 5.67. The molecule has 2 aromatic rings. The van der Waals surface area contributed by atoms with E-state index < -0.39 is 21.2 Å². The van der Waals surface area contributed by atoms with Gasteiger partial charge in [-0.05, 0) is 111 Å². The van der Waals surface area contributed by atoms with E-state index in [2.05, 4.69) is 21.8 Å². The van der Waals surface area contributed by atoms with E-state index in [4.69, 9.17) is 16.3 Å². The molecule has 2 aromatic carbocycles. The topological polar surface area (TPSA) is 95.9 Å². The van der Waals surface area contributed by atoms with E-state index in [-0.39, 0.29) is 23.4 Å². The minimum Gasteiger partial charge on any atom is -0.490 e. The zero-order chi connectivity index (χ0) is 29.6. The largest absolute Gasteiger partial charge is 0.490 e. The summed E-state index contributed by atoms with van der Waals surface area (Å²) in [6, 6.07) is 11.5. The van der Waals surface area contributed by atoms with Crippen LogP contribution in [-0.4, -0.2) is 50.5 Å². The smallest absolute Gasteiger partial charge is 0.264 e. The number of carbonyl (C=O) groups is 1. The van der Waals surface area contributed by atoms with Gasteiger partial charge in [0.15, 0.2) is 0 Å². The van der Waals surface area contributed by atoms with Gasteiger partial charge in [-0.2, -0.15) is 0 Å². The number of ether oxygens (including phenoxy) is 1. The van der Waals surface area contributed by atoms with E-state index >= 15 is 0 Å². The molecule has 228 valence electrons. The van der Waals surface area contributed by atoms with Gasteiger partial charge in [-0.1, -0.05) is 37.4 Å². The van der Waals surface area contributed by atoms with Crippen molar-refractivity contribution in [2.75, 3.05) is 24.6 Å². The van der Waals surface area contributed by atoms with E-state index in [1.54, 1.807) is 19.1 Å². The molecule has 42 heavy (non-hydrogen) atoms. The zero-order valence-corrected chi connectivity index (χ0v) is 26.2. The Hall–Kier alpha value is -2.29. The van der Waals surface area contributed by atoms with Crippen LogP contribution in [0.5, 0.6) is 5.75 Å². The molecule has 2 aliphatic carbocycles. The predicted molar refractivity (Wildman–Crippen MR) is 166 cm³/mol. The van der Waals surface area contributed by atoms with Gasteiger partial charge in [0.25, 0.3) is 5.91 Å². The van der Waals surface area contributed by atoms with Crippen LogP contribution in [0.3, 0.4) is 0 Å². The number of aliphatic hydroxyl groups excluding tert-OH is 1. The summed E-state index contributed by atoms with van der Waals surface area (Å²) < 4.78 is 35.3. The quantitative estimate of drug-likeness (QED) is 0.386. The first-order chi connectivity index (χ1) is 20.1. The van der Waals surface area contributed by atoms with Gasteiger partial charge in [-0.3, -0.25) is 4.79 Å². The molecule has 2 bridgehead atoms. The molecule has 2 aliphatic heterocycles. The molecule has 7 nitrogen and oxygen atoms in total. The van der Waals surface area contributed by atoms with Gasteiger partial charge < -0.3 is 14.7 Å². The van der Waals surface area contributed by atoms with Crippen molar-refractivity contribution in [3.8, 4) is 5.75 Å². The normalized spacial score (nSPS) is 33.2. The maximum absolute atomic E-state index is 13.4. The summed E-state index contributed by atoms with van der Waals surface area (Å²) in [4.78, 5) is 15.7. The molecule has 1 spiro atoms. The molecule has 1 fully saturated rings. The molecule has 2 N–H and O–H groups in total. The number of carbonyl (C=O) groups excluding carboxylic acids is 1. The van der Waals surface area contributed by atoms with Crippen LogP contribution in [-0.2, 0) is 21.9 Å². The number of rotatable bonds is 0. The van der Waals surface area contributed by atoms with Gasteiger partial charge >= 0.3 is 0 Å². The average molecular weight is 615 g/mol. The van der Waals surface area contributed by atoms with E-state index in [1.165, 1.54) is 11.1 Å². The van der Waals surface area contributed by atoms with Gasteiger partial charge in [0.1, 0.15) is 5.75 Å². The molecule has 0 saturated heterocycles. The number of anilines is 1. The summed E-state index contributed by atoms with van der Waals surface area (Å²) in [6.07, 6.45) is 7.88. The molecular weight excluding hydrogens is 572 g/mol. The maximum atomic E-state index is 13.4. The molecule has 2 heterocycles. The number of hydrogen-bond acceptors (Lipinski definition) is 6. The lowest BCUT2D eigenvalue weighted by molar-refractivity contribution is 0.00890. The Kier molecular flexibility index (Phi) is 8.26. The molecule has 6 rings (SSSR count). The highest BCUT2D eigenvalue weighted by molar-refractivity contribution is 7.90.